The van der Waals surface area contributed by atoms with Crippen molar-refractivity contribution in [2.75, 3.05) is 106 Å². The Balaban J connectivity index is 0.930. The number of amides is 1. The predicted octanol–water partition coefficient (Wildman–Crippen LogP) is 7.05. The van der Waals surface area contributed by atoms with E-state index in [1.807, 2.05) is 20.8 Å². The van der Waals surface area contributed by atoms with Crippen molar-refractivity contribution in [2.45, 2.75) is 138 Å². The first-order valence-corrected chi connectivity index (χ1v) is 24.4. The van der Waals surface area contributed by atoms with Crippen LogP contribution in [0, 0.1) is 46.3 Å². The van der Waals surface area contributed by atoms with Crippen LogP contribution in [-0.4, -0.2) is 135 Å². The van der Waals surface area contributed by atoms with Crippen molar-refractivity contribution in [2.24, 2.45) is 46.3 Å². The van der Waals surface area contributed by atoms with Crippen LogP contribution in [-0.2, 0) is 42.6 Å². The first-order valence-electron chi connectivity index (χ1n) is 24.4. The van der Waals surface area contributed by atoms with Gasteiger partial charge < -0.3 is 53.1 Å². The minimum Gasteiger partial charge on any atom is -0.444 e. The fraction of sp³-hybridized carbons (Fsp3) is 0.918. The lowest BCUT2D eigenvalue weighted by Crippen LogP contribution is -2.75. The van der Waals surface area contributed by atoms with Crippen LogP contribution < -0.4 is 10.3 Å². The van der Waals surface area contributed by atoms with Gasteiger partial charge in [0, 0.05) is 13.0 Å². The Hall–Kier alpha value is -2.00. The van der Waals surface area contributed by atoms with Crippen molar-refractivity contribution in [3.05, 3.63) is 11.6 Å². The normalized spacial score (nSPS) is 27.9. The maximum Gasteiger partial charge on any atom is 0.545 e. The number of nitrogens with one attached hydrogen (secondary N) is 2. The van der Waals surface area contributed by atoms with Gasteiger partial charge in [0.05, 0.1) is 85.9 Å². The molecule has 62 heavy (non-hydrogen) atoms. The Morgan fingerprint density at radius 3 is 1.89 bits per heavy atom. The number of fused-ring (bicyclic) bond motifs is 5. The third-order valence-corrected chi connectivity index (χ3v) is 14.2. The van der Waals surface area contributed by atoms with E-state index in [-0.39, 0.29) is 17.6 Å². The van der Waals surface area contributed by atoms with Gasteiger partial charge in [-0.15, -0.1) is 0 Å². The van der Waals surface area contributed by atoms with E-state index in [0.717, 1.165) is 54.8 Å². The molecule has 0 spiro atoms. The van der Waals surface area contributed by atoms with Crippen molar-refractivity contribution < 1.29 is 57.5 Å². The minimum atomic E-state index is -0.514. The SMILES string of the molecule is CC(C)CCCC(C)C1CCC2[C@@H]3CC=C4CC(OC(O)=[NH+]CCOCCOCCOCCOCCOCCOCCOCCNC(=O)OC(C)(C)C)CC[C@]4(C)C3CC[C@]12C. The molecular formula is C49H89N2O11+. The van der Waals surface area contributed by atoms with E-state index in [4.69, 9.17) is 42.6 Å². The van der Waals surface area contributed by atoms with Gasteiger partial charge in [-0.25, -0.2) is 4.79 Å². The van der Waals surface area contributed by atoms with Crippen molar-refractivity contribution in [3.63, 3.8) is 0 Å². The highest BCUT2D eigenvalue weighted by molar-refractivity contribution is 5.67. The molecule has 360 valence electrons. The van der Waals surface area contributed by atoms with Gasteiger partial charge in [0.25, 0.3) is 0 Å². The molecule has 0 aromatic rings. The van der Waals surface area contributed by atoms with E-state index >= 15 is 0 Å². The molecular weight excluding hydrogens is 793 g/mol. The molecule has 3 N–H and O–H groups in total. The van der Waals surface area contributed by atoms with Gasteiger partial charge in [0.15, 0.2) is 6.54 Å². The quantitative estimate of drug-likeness (QED) is 0.0296. The second-order valence-corrected chi connectivity index (χ2v) is 20.2. The van der Waals surface area contributed by atoms with Crippen molar-refractivity contribution >= 4 is 12.2 Å². The Bertz CT molecular complexity index is 1320. The number of ether oxygens (including phenoxy) is 9. The second kappa shape index (κ2) is 27.5. The van der Waals surface area contributed by atoms with Gasteiger partial charge in [-0.3, -0.25) is 0 Å². The summed E-state index contributed by atoms with van der Waals surface area (Å²) in [6.07, 6.45) is 16.1. The van der Waals surface area contributed by atoms with Crippen LogP contribution in [0.1, 0.15) is 126 Å². The summed E-state index contributed by atoms with van der Waals surface area (Å²) in [6.45, 7) is 25.4. The van der Waals surface area contributed by atoms with Crippen LogP contribution in [0.15, 0.2) is 11.6 Å². The first kappa shape index (κ1) is 52.6. The number of allylic oxidation sites excluding steroid dienone is 1. The molecule has 0 aliphatic heterocycles. The summed E-state index contributed by atoms with van der Waals surface area (Å²) < 4.78 is 50.0. The lowest BCUT2D eigenvalue weighted by Gasteiger charge is -2.58. The van der Waals surface area contributed by atoms with E-state index in [1.165, 1.54) is 51.4 Å². The summed E-state index contributed by atoms with van der Waals surface area (Å²) in [5, 5.41) is 13.2. The fourth-order valence-corrected chi connectivity index (χ4v) is 11.1. The highest BCUT2D eigenvalue weighted by atomic mass is 16.6. The van der Waals surface area contributed by atoms with Crippen LogP contribution in [0.5, 0.6) is 0 Å². The van der Waals surface area contributed by atoms with Crippen LogP contribution >= 0.6 is 0 Å². The van der Waals surface area contributed by atoms with E-state index in [1.54, 1.807) is 5.57 Å². The van der Waals surface area contributed by atoms with Gasteiger partial charge in [-0.2, -0.15) is 4.99 Å². The zero-order valence-corrected chi connectivity index (χ0v) is 40.2. The third kappa shape index (κ3) is 17.8. The monoisotopic (exact) mass is 882 g/mol. The van der Waals surface area contributed by atoms with E-state index in [0.29, 0.717) is 111 Å². The molecule has 4 rings (SSSR count). The molecule has 0 aromatic heterocycles. The molecule has 13 heteroatoms. The molecule has 0 aromatic carbocycles. The second-order valence-electron chi connectivity index (χ2n) is 20.2. The Kier molecular flexibility index (Phi) is 23.3. The molecule has 3 fully saturated rings. The molecule has 0 radical (unpaired) electrons. The number of carbonyl (C=O) groups is 1. The number of alkyl carbamates (subject to hydrolysis) is 1. The molecule has 3 saturated carbocycles. The number of hydrogen-bond acceptors (Lipinski definition) is 10. The van der Waals surface area contributed by atoms with Gasteiger partial charge in [-0.1, -0.05) is 65.5 Å². The Labute approximate surface area is 375 Å². The summed E-state index contributed by atoms with van der Waals surface area (Å²) in [7, 11) is 0. The van der Waals surface area contributed by atoms with Gasteiger partial charge in [-0.05, 0) is 112 Å². The number of aliphatic hydroxyl groups is 1. The molecule has 0 heterocycles. The van der Waals surface area contributed by atoms with Crippen LogP contribution in [0.25, 0.3) is 0 Å². The van der Waals surface area contributed by atoms with Crippen molar-refractivity contribution in [3.8, 4) is 0 Å². The van der Waals surface area contributed by atoms with Gasteiger partial charge in [0.2, 0.25) is 0 Å². The van der Waals surface area contributed by atoms with Gasteiger partial charge in [0.1, 0.15) is 18.3 Å². The van der Waals surface area contributed by atoms with E-state index in [2.05, 4.69) is 51.0 Å². The minimum absolute atomic E-state index is 0.0102. The van der Waals surface area contributed by atoms with Crippen LogP contribution in [0.4, 0.5) is 4.79 Å². The molecule has 0 saturated heterocycles. The summed E-state index contributed by atoms with van der Waals surface area (Å²) in [5.74, 6) is 5.02. The predicted molar refractivity (Wildman–Crippen MR) is 241 cm³/mol. The Morgan fingerprint density at radius 2 is 1.32 bits per heavy atom. The van der Waals surface area contributed by atoms with Crippen LogP contribution in [0.2, 0.25) is 0 Å². The zero-order valence-electron chi connectivity index (χ0n) is 40.2. The number of aliphatic hydroxyl groups excluding tert-OH is 1. The highest BCUT2D eigenvalue weighted by Crippen LogP contribution is 2.67. The molecule has 4 aliphatic rings. The third-order valence-electron chi connectivity index (χ3n) is 14.2. The maximum absolute atomic E-state index is 11.6. The molecule has 5 unspecified atom stereocenters. The largest absolute Gasteiger partial charge is 0.545 e. The number of rotatable bonds is 30. The average molecular weight is 882 g/mol. The topological polar surface area (TPSA) is 146 Å². The molecule has 13 nitrogen and oxygen atoms in total. The van der Waals surface area contributed by atoms with Crippen molar-refractivity contribution in [1.29, 1.82) is 0 Å². The smallest absolute Gasteiger partial charge is 0.444 e. The fourth-order valence-electron chi connectivity index (χ4n) is 11.1. The lowest BCUT2D eigenvalue weighted by atomic mass is 9.47. The highest BCUT2D eigenvalue weighted by Gasteiger charge is 2.59. The average Bonchev–Trinajstić information content (AvgIpc) is 3.57. The molecule has 4 aliphatic carbocycles. The summed E-state index contributed by atoms with van der Waals surface area (Å²) >= 11 is 0. The van der Waals surface area contributed by atoms with Crippen molar-refractivity contribution in [1.82, 2.24) is 5.32 Å². The van der Waals surface area contributed by atoms with Crippen LogP contribution in [0.3, 0.4) is 0 Å². The summed E-state index contributed by atoms with van der Waals surface area (Å²) in [5.41, 5.74) is 1.84. The number of hydrogen-bond donors (Lipinski definition) is 3. The van der Waals surface area contributed by atoms with Gasteiger partial charge >= 0.3 is 12.2 Å². The number of carbonyl (C=O) groups excluding carboxylic acids is 1. The molecule has 1 amide bonds. The molecule has 0 bridgehead atoms. The lowest BCUT2D eigenvalue weighted by molar-refractivity contribution is -0.483. The first-order chi connectivity index (χ1) is 29.7. The maximum atomic E-state index is 11.6. The summed E-state index contributed by atoms with van der Waals surface area (Å²) in [6, 6.07) is 0. The Morgan fingerprint density at radius 1 is 0.758 bits per heavy atom. The standard InChI is InChI=1S/C49H88N2O11/c1-37(2)10-9-11-38(3)42-14-15-43-41-13-12-39-36-40(16-18-48(39,7)44(41)17-19-49(42,43)8)61-45(52)50-20-22-54-24-26-56-28-30-58-32-34-60-35-33-59-31-29-57-27-25-55-23-21-51-46(53)62-47(4,5)6/h12,37-38,40-44H,9-11,13-36H2,1-8H3,(H,50,52)(H,51,53)/p+1/t38?,40?,41-,42?,43?,44?,48-,49+/m0/s1. The van der Waals surface area contributed by atoms with E-state index < -0.39 is 11.7 Å². The summed E-state index contributed by atoms with van der Waals surface area (Å²) in [4.78, 5) is 14.5. The molecule has 8 atom stereocenters. The zero-order chi connectivity index (χ0) is 44.9. The van der Waals surface area contributed by atoms with E-state index in [9.17, 15) is 9.90 Å².